The van der Waals surface area contributed by atoms with Gasteiger partial charge in [-0.1, -0.05) is 18.2 Å². The van der Waals surface area contributed by atoms with Crippen molar-refractivity contribution in [3.8, 4) is 0 Å². The summed E-state index contributed by atoms with van der Waals surface area (Å²) >= 11 is 0. The van der Waals surface area contributed by atoms with E-state index in [1.165, 1.54) is 12.1 Å². The van der Waals surface area contributed by atoms with E-state index in [1.807, 2.05) is 0 Å². The quantitative estimate of drug-likeness (QED) is 0.911. The van der Waals surface area contributed by atoms with E-state index in [0.717, 1.165) is 6.26 Å². The Morgan fingerprint density at radius 1 is 1.10 bits per heavy atom. The van der Waals surface area contributed by atoms with Gasteiger partial charge in [0.15, 0.2) is 0 Å². The van der Waals surface area contributed by atoms with Gasteiger partial charge in [0, 0.05) is 11.1 Å². The molecule has 0 saturated heterocycles. The predicted molar refractivity (Wildman–Crippen MR) is 77.3 cm³/mol. The normalized spacial score (nSPS) is 15.1. The number of sulfonamides is 1. The minimum Gasteiger partial charge on any atom is -0.478 e. The minimum atomic E-state index is -3.85. The summed E-state index contributed by atoms with van der Waals surface area (Å²) in [6.45, 7) is 0. The van der Waals surface area contributed by atoms with Crippen molar-refractivity contribution in [2.45, 2.75) is 19.3 Å². The van der Waals surface area contributed by atoms with E-state index < -0.39 is 21.9 Å². The van der Waals surface area contributed by atoms with Crippen molar-refractivity contribution in [1.82, 2.24) is 0 Å². The molecule has 0 atom stereocenters. The lowest BCUT2D eigenvalue weighted by molar-refractivity contribution is -0.133. The Morgan fingerprint density at radius 2 is 1.67 bits per heavy atom. The predicted octanol–water partition coefficient (Wildman–Crippen LogP) is 1.54. The number of hydrogen-bond donors (Lipinski definition) is 1. The zero-order chi connectivity index (χ0) is 15.6. The number of rotatable bonds is 4. The molecule has 0 fully saturated rings. The second kappa shape index (κ2) is 5.69. The zero-order valence-corrected chi connectivity index (χ0v) is 12.3. The van der Waals surface area contributed by atoms with Crippen LogP contribution in [0.1, 0.15) is 19.3 Å². The first-order valence-corrected chi connectivity index (χ1v) is 8.22. The molecule has 21 heavy (non-hydrogen) atoms. The highest BCUT2D eigenvalue weighted by atomic mass is 32.2. The third-order valence-corrected chi connectivity index (χ3v) is 4.28. The molecule has 1 aromatic carbocycles. The highest BCUT2D eigenvalue weighted by Gasteiger charge is 2.33. The van der Waals surface area contributed by atoms with Gasteiger partial charge in [-0.15, -0.1) is 0 Å². The molecule has 0 heterocycles. The van der Waals surface area contributed by atoms with Crippen LogP contribution in [-0.2, 0) is 19.6 Å². The fourth-order valence-corrected chi connectivity index (χ4v) is 3.28. The van der Waals surface area contributed by atoms with Crippen LogP contribution in [0.3, 0.4) is 0 Å². The van der Waals surface area contributed by atoms with Gasteiger partial charge in [0.2, 0.25) is 10.0 Å². The van der Waals surface area contributed by atoms with Gasteiger partial charge in [-0.3, -0.25) is 4.79 Å². The van der Waals surface area contributed by atoms with Crippen LogP contribution in [0, 0.1) is 0 Å². The molecule has 0 aromatic heterocycles. The number of hydrogen-bond acceptors (Lipinski definition) is 4. The van der Waals surface area contributed by atoms with E-state index in [4.69, 9.17) is 5.11 Å². The van der Waals surface area contributed by atoms with Gasteiger partial charge >= 0.3 is 5.97 Å². The number of carboxylic acid groups (broad SMARTS) is 1. The molecular weight excluding hydrogens is 294 g/mol. The first-order valence-electron chi connectivity index (χ1n) is 6.37. The third-order valence-electron chi connectivity index (χ3n) is 3.24. The van der Waals surface area contributed by atoms with Gasteiger partial charge in [-0.05, 0) is 31.4 Å². The van der Waals surface area contributed by atoms with Crippen LogP contribution in [-0.4, -0.2) is 31.7 Å². The lowest BCUT2D eigenvalue weighted by Gasteiger charge is -2.21. The molecule has 0 aliphatic heterocycles. The van der Waals surface area contributed by atoms with Gasteiger partial charge in [0.25, 0.3) is 5.91 Å². The molecule has 6 nitrogen and oxygen atoms in total. The Hall–Kier alpha value is -2.15. The van der Waals surface area contributed by atoms with E-state index >= 15 is 0 Å². The van der Waals surface area contributed by atoms with Gasteiger partial charge in [0.1, 0.15) is 0 Å². The Morgan fingerprint density at radius 3 is 2.19 bits per heavy atom. The summed E-state index contributed by atoms with van der Waals surface area (Å²) < 4.78 is 24.5. The number of amides is 1. The maximum absolute atomic E-state index is 12.5. The fraction of sp³-hybridized carbons (Fsp3) is 0.286. The summed E-state index contributed by atoms with van der Waals surface area (Å²) in [7, 11) is -3.85. The maximum atomic E-state index is 12.5. The monoisotopic (exact) mass is 309 g/mol. The number of benzene rings is 1. The van der Waals surface area contributed by atoms with Crippen LogP contribution in [0.5, 0.6) is 0 Å². The van der Waals surface area contributed by atoms with Crippen molar-refractivity contribution in [2.75, 3.05) is 10.6 Å². The van der Waals surface area contributed by atoms with E-state index in [-0.39, 0.29) is 29.7 Å². The molecule has 2 rings (SSSR count). The first kappa shape index (κ1) is 15.2. The fourth-order valence-electron chi connectivity index (χ4n) is 2.36. The molecule has 0 radical (unpaired) electrons. The maximum Gasteiger partial charge on any atom is 0.332 e. The topological polar surface area (TPSA) is 91.8 Å². The SMILES string of the molecule is CS(=O)(=O)N(C(=O)C1=C(C(=O)O)CCC1)c1ccccc1. The number of nitrogens with zero attached hydrogens (tertiary/aromatic N) is 1. The lowest BCUT2D eigenvalue weighted by Crippen LogP contribution is -2.37. The van der Waals surface area contributed by atoms with Crippen LogP contribution >= 0.6 is 0 Å². The average Bonchev–Trinajstić information content (AvgIpc) is 2.87. The number of para-hydroxylation sites is 1. The highest BCUT2D eigenvalue weighted by Crippen LogP contribution is 2.30. The van der Waals surface area contributed by atoms with Gasteiger partial charge in [0.05, 0.1) is 11.9 Å². The van der Waals surface area contributed by atoms with Crippen molar-refractivity contribution in [1.29, 1.82) is 0 Å². The summed E-state index contributed by atoms with van der Waals surface area (Å²) in [5, 5.41) is 9.11. The van der Waals surface area contributed by atoms with Gasteiger partial charge < -0.3 is 5.11 Å². The molecule has 1 aliphatic rings. The van der Waals surface area contributed by atoms with E-state index in [2.05, 4.69) is 0 Å². The van der Waals surface area contributed by atoms with Crippen LogP contribution < -0.4 is 4.31 Å². The Bertz CT molecular complexity index is 706. The standard InChI is InChI=1S/C14H15NO5S/c1-21(19,20)15(10-6-3-2-4-7-10)13(16)11-8-5-9-12(11)14(17)18/h2-4,6-7H,5,8-9H2,1H3,(H,17,18). The molecule has 0 saturated carbocycles. The average molecular weight is 309 g/mol. The van der Waals surface area contributed by atoms with Crippen molar-refractivity contribution < 1.29 is 23.1 Å². The van der Waals surface area contributed by atoms with Crippen LogP contribution in [0.4, 0.5) is 5.69 Å². The highest BCUT2D eigenvalue weighted by molar-refractivity contribution is 7.92. The van der Waals surface area contributed by atoms with Gasteiger partial charge in [-0.2, -0.15) is 0 Å². The Labute approximate surface area is 122 Å². The largest absolute Gasteiger partial charge is 0.478 e. The molecule has 1 aliphatic carbocycles. The molecule has 0 bridgehead atoms. The number of carbonyl (C=O) groups is 2. The summed E-state index contributed by atoms with van der Waals surface area (Å²) in [5.41, 5.74) is 0.274. The zero-order valence-electron chi connectivity index (χ0n) is 11.4. The minimum absolute atomic E-state index is 0.00424. The molecule has 0 unspecified atom stereocenters. The number of anilines is 1. The number of carboxylic acids is 1. The van der Waals surface area contributed by atoms with Crippen molar-refractivity contribution >= 4 is 27.6 Å². The third kappa shape index (κ3) is 3.13. The second-order valence-corrected chi connectivity index (χ2v) is 6.62. The van der Waals surface area contributed by atoms with E-state index in [0.29, 0.717) is 10.7 Å². The molecule has 112 valence electrons. The summed E-state index contributed by atoms with van der Waals surface area (Å²) in [6, 6.07) is 7.92. The lowest BCUT2D eigenvalue weighted by atomic mass is 10.1. The molecule has 1 N–H and O–H groups in total. The van der Waals surface area contributed by atoms with Crippen molar-refractivity contribution in [3.05, 3.63) is 41.5 Å². The van der Waals surface area contributed by atoms with Crippen molar-refractivity contribution in [3.63, 3.8) is 0 Å². The van der Waals surface area contributed by atoms with E-state index in [1.54, 1.807) is 18.2 Å². The summed E-state index contributed by atoms with van der Waals surface area (Å²) in [5.74, 6) is -1.95. The molecular formula is C14H15NO5S. The first-order chi connectivity index (χ1) is 9.82. The molecule has 7 heteroatoms. The molecule has 1 amide bonds. The Kier molecular flexibility index (Phi) is 4.13. The number of aliphatic carboxylic acids is 1. The smallest absolute Gasteiger partial charge is 0.332 e. The second-order valence-electron chi connectivity index (χ2n) is 4.78. The Balaban J connectivity index is 2.51. The summed E-state index contributed by atoms with van der Waals surface area (Å²) in [4.78, 5) is 23.7. The van der Waals surface area contributed by atoms with E-state index in [9.17, 15) is 18.0 Å². The van der Waals surface area contributed by atoms with Gasteiger partial charge in [-0.25, -0.2) is 17.5 Å². The van der Waals surface area contributed by atoms with Crippen LogP contribution in [0.25, 0.3) is 0 Å². The molecule has 0 spiro atoms. The summed E-state index contributed by atoms with van der Waals surface area (Å²) in [6.07, 6.45) is 2.02. The van der Waals surface area contributed by atoms with Crippen molar-refractivity contribution in [2.24, 2.45) is 0 Å². The van der Waals surface area contributed by atoms with Crippen LogP contribution in [0.2, 0.25) is 0 Å². The van der Waals surface area contributed by atoms with Crippen LogP contribution in [0.15, 0.2) is 41.5 Å². The molecule has 1 aromatic rings. The number of carbonyl (C=O) groups excluding carboxylic acids is 1.